The molecule has 0 spiro atoms. The third-order valence-electron chi connectivity index (χ3n) is 5.05. The van der Waals surface area contributed by atoms with Crippen molar-refractivity contribution in [3.05, 3.63) is 60.6 Å². The van der Waals surface area contributed by atoms with Crippen LogP contribution in [0.25, 0.3) is 11.3 Å². The van der Waals surface area contributed by atoms with Gasteiger partial charge in [0.25, 0.3) is 0 Å². The smallest absolute Gasteiger partial charge is 0.340 e. The van der Waals surface area contributed by atoms with Crippen LogP contribution in [0.1, 0.15) is 11.9 Å². The zero-order valence-corrected chi connectivity index (χ0v) is 16.2. The van der Waals surface area contributed by atoms with E-state index in [1.54, 1.807) is 33.8 Å². The number of anilines is 1. The maximum Gasteiger partial charge on any atom is 0.401 e. The first-order chi connectivity index (χ1) is 14.7. The molecule has 1 aliphatic rings. The van der Waals surface area contributed by atoms with Crippen molar-refractivity contribution in [3.8, 4) is 11.3 Å². The standard InChI is InChI=1S/C19H20F4N8/c20-13-3-1-12(2-4-13)14-5-6-15-16(28-14)17(24)31(9-19(21,22)23)18(25)30(15)8-7-29-11-26-10-27-29/h1-6,10-11,17-18H,7-9,24-25H2. The van der Waals surface area contributed by atoms with E-state index in [2.05, 4.69) is 15.1 Å². The molecule has 1 aliphatic heterocycles. The second kappa shape index (κ2) is 8.21. The monoisotopic (exact) mass is 436 g/mol. The molecule has 3 aromatic rings. The van der Waals surface area contributed by atoms with Gasteiger partial charge in [-0.25, -0.2) is 19.3 Å². The van der Waals surface area contributed by atoms with Crippen LogP contribution >= 0.6 is 0 Å². The quantitative estimate of drug-likeness (QED) is 0.591. The van der Waals surface area contributed by atoms with Gasteiger partial charge in [0.1, 0.15) is 30.9 Å². The maximum absolute atomic E-state index is 13.3. The topological polar surface area (TPSA) is 102 Å². The number of nitrogens with two attached hydrogens (primary N) is 2. The van der Waals surface area contributed by atoms with Gasteiger partial charge < -0.3 is 10.6 Å². The number of fused-ring (bicyclic) bond motifs is 1. The van der Waals surface area contributed by atoms with Crippen LogP contribution in [0.4, 0.5) is 23.2 Å². The van der Waals surface area contributed by atoms with Gasteiger partial charge in [-0.3, -0.25) is 10.4 Å². The third kappa shape index (κ3) is 4.50. The summed E-state index contributed by atoms with van der Waals surface area (Å²) in [6.07, 6.45) is -3.92. The summed E-state index contributed by atoms with van der Waals surface area (Å²) >= 11 is 0. The van der Waals surface area contributed by atoms with Crippen molar-refractivity contribution in [2.75, 3.05) is 18.0 Å². The Balaban J connectivity index is 1.72. The van der Waals surface area contributed by atoms with Crippen molar-refractivity contribution in [2.24, 2.45) is 11.5 Å². The molecule has 2 atom stereocenters. The molecule has 0 aliphatic carbocycles. The van der Waals surface area contributed by atoms with E-state index in [4.69, 9.17) is 11.5 Å². The Morgan fingerprint density at radius 2 is 1.74 bits per heavy atom. The summed E-state index contributed by atoms with van der Waals surface area (Å²) in [6, 6.07) is 9.07. The minimum Gasteiger partial charge on any atom is -0.340 e. The van der Waals surface area contributed by atoms with Crippen LogP contribution in [0.15, 0.2) is 49.1 Å². The van der Waals surface area contributed by atoms with E-state index >= 15 is 0 Å². The Kier molecular flexibility index (Phi) is 5.60. The van der Waals surface area contributed by atoms with Gasteiger partial charge in [0.15, 0.2) is 0 Å². The molecule has 0 saturated heterocycles. The Bertz CT molecular complexity index is 1020. The number of pyridine rings is 1. The highest BCUT2D eigenvalue weighted by atomic mass is 19.4. The Morgan fingerprint density at radius 3 is 2.39 bits per heavy atom. The number of nitrogens with zero attached hydrogens (tertiary/aromatic N) is 6. The van der Waals surface area contributed by atoms with E-state index in [1.165, 1.54) is 24.8 Å². The Hall–Kier alpha value is -3.09. The van der Waals surface area contributed by atoms with Gasteiger partial charge in [-0.05, 0) is 36.4 Å². The molecule has 4 rings (SSSR count). The molecule has 12 heteroatoms. The Labute approximate surface area is 175 Å². The van der Waals surface area contributed by atoms with Gasteiger partial charge in [0.05, 0.1) is 30.2 Å². The molecule has 2 unspecified atom stereocenters. The van der Waals surface area contributed by atoms with Crippen molar-refractivity contribution >= 4 is 5.69 Å². The first kappa shape index (κ1) is 21.2. The second-order valence-corrected chi connectivity index (χ2v) is 7.11. The summed E-state index contributed by atoms with van der Waals surface area (Å²) in [5, 5.41) is 4.01. The number of hydrogen-bond acceptors (Lipinski definition) is 7. The Morgan fingerprint density at radius 1 is 1.00 bits per heavy atom. The minimum atomic E-state index is -4.50. The molecule has 8 nitrogen and oxygen atoms in total. The molecule has 3 heterocycles. The highest BCUT2D eigenvalue weighted by Gasteiger charge is 2.42. The van der Waals surface area contributed by atoms with Gasteiger partial charge in [0, 0.05) is 12.1 Å². The zero-order valence-electron chi connectivity index (χ0n) is 16.2. The fraction of sp³-hybridized carbons (Fsp3) is 0.316. The normalized spacial score (nSPS) is 19.5. The van der Waals surface area contributed by atoms with Gasteiger partial charge in [-0.2, -0.15) is 18.3 Å². The SMILES string of the molecule is NC1c2nc(-c3ccc(F)cc3)ccc2N(CCn2cncn2)C(N)N1CC(F)(F)F. The maximum atomic E-state index is 13.3. The summed E-state index contributed by atoms with van der Waals surface area (Å²) in [4.78, 5) is 10.9. The summed E-state index contributed by atoms with van der Waals surface area (Å²) in [6.45, 7) is -0.685. The van der Waals surface area contributed by atoms with Gasteiger partial charge in [-0.1, -0.05) is 0 Å². The van der Waals surface area contributed by atoms with E-state index in [1.807, 2.05) is 0 Å². The number of halogens is 4. The number of benzene rings is 1. The summed E-state index contributed by atoms with van der Waals surface area (Å²) in [7, 11) is 0. The molecule has 0 amide bonds. The third-order valence-corrected chi connectivity index (χ3v) is 5.05. The van der Waals surface area contributed by atoms with E-state index in [0.29, 0.717) is 23.5 Å². The molecule has 0 fully saturated rings. The number of alkyl halides is 3. The van der Waals surface area contributed by atoms with Crippen LogP contribution in [-0.2, 0) is 6.54 Å². The molecule has 2 aromatic heterocycles. The molecule has 1 aromatic carbocycles. The molecule has 31 heavy (non-hydrogen) atoms. The largest absolute Gasteiger partial charge is 0.401 e. The fourth-order valence-electron chi connectivity index (χ4n) is 3.56. The van der Waals surface area contributed by atoms with Gasteiger partial charge in [-0.15, -0.1) is 0 Å². The van der Waals surface area contributed by atoms with Crippen molar-refractivity contribution in [1.82, 2.24) is 24.6 Å². The summed E-state index contributed by atoms with van der Waals surface area (Å²) < 4.78 is 54.5. The van der Waals surface area contributed by atoms with Gasteiger partial charge in [0.2, 0.25) is 0 Å². The molecule has 0 bridgehead atoms. The van der Waals surface area contributed by atoms with Crippen LogP contribution in [0.5, 0.6) is 0 Å². The van der Waals surface area contributed by atoms with Crippen LogP contribution in [0, 0.1) is 5.82 Å². The lowest BCUT2D eigenvalue weighted by atomic mass is 10.1. The van der Waals surface area contributed by atoms with E-state index in [0.717, 1.165) is 4.90 Å². The molecule has 164 valence electrons. The molecular weight excluding hydrogens is 416 g/mol. The minimum absolute atomic E-state index is 0.256. The van der Waals surface area contributed by atoms with E-state index in [9.17, 15) is 17.6 Å². The van der Waals surface area contributed by atoms with Gasteiger partial charge >= 0.3 is 6.18 Å². The number of rotatable bonds is 5. The number of aromatic nitrogens is 4. The highest BCUT2D eigenvalue weighted by Crippen LogP contribution is 2.36. The lowest BCUT2D eigenvalue weighted by molar-refractivity contribution is -0.158. The predicted octanol–water partition coefficient (Wildman–Crippen LogP) is 2.06. The first-order valence-corrected chi connectivity index (χ1v) is 9.42. The predicted molar refractivity (Wildman–Crippen MR) is 105 cm³/mol. The van der Waals surface area contributed by atoms with Crippen LogP contribution < -0.4 is 16.4 Å². The molecular formula is C19H20F4N8. The zero-order chi connectivity index (χ0) is 22.2. The lowest BCUT2D eigenvalue weighted by Gasteiger charge is -2.46. The fourth-order valence-corrected chi connectivity index (χ4v) is 3.56. The number of hydrogen-bond donors (Lipinski definition) is 2. The van der Waals surface area contributed by atoms with Crippen molar-refractivity contribution in [1.29, 1.82) is 0 Å². The highest BCUT2D eigenvalue weighted by molar-refractivity contribution is 5.65. The van der Waals surface area contributed by atoms with Crippen LogP contribution in [-0.4, -0.2) is 50.2 Å². The van der Waals surface area contributed by atoms with E-state index in [-0.39, 0.29) is 12.2 Å². The molecule has 0 saturated carbocycles. The summed E-state index contributed by atoms with van der Waals surface area (Å²) in [5.41, 5.74) is 14.2. The first-order valence-electron chi connectivity index (χ1n) is 9.42. The van der Waals surface area contributed by atoms with E-state index < -0.39 is 31.0 Å². The molecule has 0 radical (unpaired) electrons. The van der Waals surface area contributed by atoms with Crippen LogP contribution in [0.3, 0.4) is 0 Å². The average Bonchev–Trinajstić information content (AvgIpc) is 3.24. The average molecular weight is 436 g/mol. The van der Waals surface area contributed by atoms with Crippen molar-refractivity contribution in [3.63, 3.8) is 0 Å². The summed E-state index contributed by atoms with van der Waals surface area (Å²) in [5.74, 6) is -0.403. The van der Waals surface area contributed by atoms with Crippen molar-refractivity contribution < 1.29 is 17.6 Å². The lowest BCUT2D eigenvalue weighted by Crippen LogP contribution is -2.63. The second-order valence-electron chi connectivity index (χ2n) is 7.11. The van der Waals surface area contributed by atoms with Crippen LogP contribution in [0.2, 0.25) is 0 Å². The molecule has 4 N–H and O–H groups in total. The van der Waals surface area contributed by atoms with Crippen molar-refractivity contribution in [2.45, 2.75) is 25.2 Å².